The summed E-state index contributed by atoms with van der Waals surface area (Å²) in [5.41, 5.74) is 10.7. The van der Waals surface area contributed by atoms with Gasteiger partial charge in [-0.25, -0.2) is 10.5 Å². The maximum absolute atomic E-state index is 5.64. The molecule has 0 amide bonds. The van der Waals surface area contributed by atoms with Crippen LogP contribution in [0.25, 0.3) is 0 Å². The van der Waals surface area contributed by atoms with Crippen molar-refractivity contribution in [2.24, 2.45) is 10.7 Å². The number of guanidine groups is 1. The number of aryl methyl sites for hydroxylation is 2. The van der Waals surface area contributed by atoms with E-state index >= 15 is 0 Å². The summed E-state index contributed by atoms with van der Waals surface area (Å²) in [6.07, 6.45) is 4.63. The van der Waals surface area contributed by atoms with E-state index in [1.807, 2.05) is 13.0 Å². The van der Waals surface area contributed by atoms with Gasteiger partial charge in [0.05, 0.1) is 6.61 Å². The van der Waals surface area contributed by atoms with Crippen LogP contribution in [0.2, 0.25) is 0 Å². The normalized spacial score (nSPS) is 14.6. The van der Waals surface area contributed by atoms with E-state index in [0.717, 1.165) is 18.5 Å². The SMILES string of the molecule is CCONC(N)=Nc1ccc2c(n1)CCCC2.Cl. The number of nitrogens with zero attached hydrogens (tertiary/aromatic N) is 2. The summed E-state index contributed by atoms with van der Waals surface area (Å²) < 4.78 is 0. The van der Waals surface area contributed by atoms with E-state index < -0.39 is 0 Å². The zero-order valence-electron chi connectivity index (χ0n) is 10.5. The third-order valence-corrected chi connectivity index (χ3v) is 2.72. The third kappa shape index (κ3) is 3.85. The zero-order chi connectivity index (χ0) is 12.1. The van der Waals surface area contributed by atoms with Crippen molar-refractivity contribution in [1.29, 1.82) is 0 Å². The molecule has 2 rings (SSSR count). The summed E-state index contributed by atoms with van der Waals surface area (Å²) in [5, 5.41) is 0. The summed E-state index contributed by atoms with van der Waals surface area (Å²) in [7, 11) is 0. The van der Waals surface area contributed by atoms with Crippen LogP contribution >= 0.6 is 12.4 Å². The van der Waals surface area contributed by atoms with Gasteiger partial charge in [0.2, 0.25) is 5.96 Å². The smallest absolute Gasteiger partial charge is 0.219 e. The Balaban J connectivity index is 0.00000162. The lowest BCUT2D eigenvalue weighted by Crippen LogP contribution is -2.31. The molecule has 0 atom stereocenters. The summed E-state index contributed by atoms with van der Waals surface area (Å²) >= 11 is 0. The fraction of sp³-hybridized carbons (Fsp3) is 0.500. The van der Waals surface area contributed by atoms with E-state index in [1.54, 1.807) is 0 Å². The van der Waals surface area contributed by atoms with E-state index in [9.17, 15) is 0 Å². The monoisotopic (exact) mass is 270 g/mol. The van der Waals surface area contributed by atoms with E-state index in [1.165, 1.54) is 18.4 Å². The Morgan fingerprint density at radius 1 is 1.44 bits per heavy atom. The lowest BCUT2D eigenvalue weighted by Gasteiger charge is -2.14. The standard InChI is InChI=1S/C12H18N4O.ClH/c1-2-17-16-12(13)15-11-8-7-9-5-3-4-6-10(9)14-11;/h7-8H,2-6H2,1H3,(H3,13,14,15,16);1H. The highest BCUT2D eigenvalue weighted by Gasteiger charge is 2.10. The van der Waals surface area contributed by atoms with Gasteiger partial charge >= 0.3 is 0 Å². The van der Waals surface area contributed by atoms with Crippen molar-refractivity contribution in [2.75, 3.05) is 6.61 Å². The van der Waals surface area contributed by atoms with Crippen molar-refractivity contribution >= 4 is 24.2 Å². The molecular formula is C12H19ClN4O. The molecule has 0 bridgehead atoms. The van der Waals surface area contributed by atoms with Gasteiger partial charge in [-0.3, -0.25) is 4.84 Å². The average molecular weight is 271 g/mol. The molecule has 100 valence electrons. The molecule has 1 aromatic rings. The second-order valence-electron chi connectivity index (χ2n) is 4.01. The van der Waals surface area contributed by atoms with Gasteiger partial charge in [0.1, 0.15) is 0 Å². The summed E-state index contributed by atoms with van der Waals surface area (Å²) in [6, 6.07) is 3.99. The van der Waals surface area contributed by atoms with Crippen LogP contribution in [0, 0.1) is 0 Å². The first-order valence-corrected chi connectivity index (χ1v) is 6.00. The van der Waals surface area contributed by atoms with Crippen molar-refractivity contribution in [1.82, 2.24) is 10.5 Å². The molecule has 0 spiro atoms. The minimum absolute atomic E-state index is 0. The Morgan fingerprint density at radius 3 is 3.00 bits per heavy atom. The van der Waals surface area contributed by atoms with Crippen molar-refractivity contribution < 1.29 is 4.84 Å². The summed E-state index contributed by atoms with van der Waals surface area (Å²) in [6.45, 7) is 2.41. The van der Waals surface area contributed by atoms with Gasteiger partial charge < -0.3 is 5.73 Å². The number of aliphatic imine (C=N–C) groups is 1. The van der Waals surface area contributed by atoms with Gasteiger partial charge in [-0.1, -0.05) is 6.07 Å². The fourth-order valence-corrected chi connectivity index (χ4v) is 1.93. The Labute approximate surface area is 113 Å². The minimum Gasteiger partial charge on any atom is -0.368 e. The number of rotatable bonds is 3. The molecule has 18 heavy (non-hydrogen) atoms. The maximum Gasteiger partial charge on any atom is 0.219 e. The molecular weight excluding hydrogens is 252 g/mol. The Hall–Kier alpha value is -1.33. The molecule has 0 aliphatic heterocycles. The summed E-state index contributed by atoms with van der Waals surface area (Å²) in [5.74, 6) is 0.866. The molecule has 0 saturated carbocycles. The Morgan fingerprint density at radius 2 is 2.22 bits per heavy atom. The minimum atomic E-state index is 0. The van der Waals surface area contributed by atoms with Gasteiger partial charge in [0, 0.05) is 5.69 Å². The maximum atomic E-state index is 5.64. The van der Waals surface area contributed by atoms with Crippen LogP contribution in [0.4, 0.5) is 5.82 Å². The first kappa shape index (κ1) is 14.7. The van der Waals surface area contributed by atoms with Gasteiger partial charge in [-0.2, -0.15) is 4.99 Å². The van der Waals surface area contributed by atoms with Gasteiger partial charge in [-0.05, 0) is 44.2 Å². The molecule has 0 unspecified atom stereocenters. The highest BCUT2D eigenvalue weighted by atomic mass is 35.5. The lowest BCUT2D eigenvalue weighted by molar-refractivity contribution is 0.0960. The largest absolute Gasteiger partial charge is 0.368 e. The number of aromatic nitrogens is 1. The Kier molecular flexibility index (Phi) is 5.88. The molecule has 3 N–H and O–H groups in total. The Bertz CT molecular complexity index is 423. The number of halogens is 1. The predicted molar refractivity (Wildman–Crippen MR) is 74.2 cm³/mol. The van der Waals surface area contributed by atoms with Gasteiger partial charge in [0.15, 0.2) is 5.82 Å². The van der Waals surface area contributed by atoms with Crippen LogP contribution in [0.1, 0.15) is 31.0 Å². The van der Waals surface area contributed by atoms with E-state index in [0.29, 0.717) is 12.4 Å². The molecule has 0 aromatic carbocycles. The molecule has 0 fully saturated rings. The van der Waals surface area contributed by atoms with Crippen molar-refractivity contribution in [3.63, 3.8) is 0 Å². The molecule has 1 heterocycles. The van der Waals surface area contributed by atoms with E-state index in [2.05, 4.69) is 21.5 Å². The molecule has 0 saturated heterocycles. The highest BCUT2D eigenvalue weighted by molar-refractivity contribution is 5.85. The van der Waals surface area contributed by atoms with Crippen LogP contribution in [0.5, 0.6) is 0 Å². The lowest BCUT2D eigenvalue weighted by atomic mass is 9.96. The molecule has 1 aliphatic carbocycles. The van der Waals surface area contributed by atoms with Crippen molar-refractivity contribution in [3.8, 4) is 0 Å². The zero-order valence-corrected chi connectivity index (χ0v) is 11.3. The molecule has 6 heteroatoms. The number of nitrogens with one attached hydrogen (secondary N) is 1. The van der Waals surface area contributed by atoms with Crippen molar-refractivity contribution in [3.05, 3.63) is 23.4 Å². The van der Waals surface area contributed by atoms with Crippen LogP contribution in [-0.4, -0.2) is 17.6 Å². The molecule has 5 nitrogen and oxygen atoms in total. The van der Waals surface area contributed by atoms with Gasteiger partial charge in [0.25, 0.3) is 0 Å². The topological polar surface area (TPSA) is 72.5 Å². The van der Waals surface area contributed by atoms with Gasteiger partial charge in [-0.15, -0.1) is 12.4 Å². The number of pyridine rings is 1. The number of hydrogen-bond acceptors (Lipinski definition) is 3. The molecule has 0 radical (unpaired) electrons. The van der Waals surface area contributed by atoms with Crippen LogP contribution in [0.15, 0.2) is 17.1 Å². The van der Waals surface area contributed by atoms with Crippen LogP contribution in [-0.2, 0) is 17.7 Å². The van der Waals surface area contributed by atoms with Crippen LogP contribution in [0.3, 0.4) is 0 Å². The summed E-state index contributed by atoms with van der Waals surface area (Å²) in [4.78, 5) is 13.6. The number of hydrogen-bond donors (Lipinski definition) is 2. The number of nitrogens with two attached hydrogens (primary N) is 1. The fourth-order valence-electron chi connectivity index (χ4n) is 1.93. The second kappa shape index (κ2) is 7.18. The van der Waals surface area contributed by atoms with E-state index in [4.69, 9.17) is 10.6 Å². The van der Waals surface area contributed by atoms with E-state index in [-0.39, 0.29) is 18.4 Å². The molecule has 1 aliphatic rings. The highest BCUT2D eigenvalue weighted by Crippen LogP contribution is 2.21. The third-order valence-electron chi connectivity index (χ3n) is 2.72. The predicted octanol–water partition coefficient (Wildman–Crippen LogP) is 1.87. The first-order chi connectivity index (χ1) is 8.29. The number of hydroxylamine groups is 1. The van der Waals surface area contributed by atoms with Crippen molar-refractivity contribution in [2.45, 2.75) is 32.6 Å². The second-order valence-corrected chi connectivity index (χ2v) is 4.01. The number of fused-ring (bicyclic) bond motifs is 1. The first-order valence-electron chi connectivity index (χ1n) is 6.00. The van der Waals surface area contributed by atoms with Crippen LogP contribution < -0.4 is 11.2 Å². The quantitative estimate of drug-likeness (QED) is 0.500. The molecule has 1 aromatic heterocycles. The average Bonchev–Trinajstić information content (AvgIpc) is 2.36.